The van der Waals surface area contributed by atoms with E-state index in [4.69, 9.17) is 0 Å². The van der Waals surface area contributed by atoms with Crippen molar-refractivity contribution >= 4 is 11.7 Å². The molecule has 116 valence electrons. The van der Waals surface area contributed by atoms with E-state index in [1.165, 1.54) is 11.1 Å². The van der Waals surface area contributed by atoms with Crippen LogP contribution in [0.5, 0.6) is 0 Å². The van der Waals surface area contributed by atoms with Crippen molar-refractivity contribution in [1.82, 2.24) is 5.32 Å². The molecule has 2 amide bonds. The molecule has 0 saturated carbocycles. The van der Waals surface area contributed by atoms with Crippen molar-refractivity contribution in [2.45, 2.75) is 33.1 Å². The summed E-state index contributed by atoms with van der Waals surface area (Å²) in [4.78, 5) is 12.0. The van der Waals surface area contributed by atoms with Gasteiger partial charge in [-0.1, -0.05) is 61.9 Å². The fraction of sp³-hybridized carbons (Fsp3) is 0.316. The molecule has 0 spiro atoms. The number of amides is 2. The lowest BCUT2D eigenvalue weighted by Gasteiger charge is -2.14. The maximum atomic E-state index is 12.0. The van der Waals surface area contributed by atoms with Gasteiger partial charge in [0.05, 0.1) is 0 Å². The lowest BCUT2D eigenvalue weighted by molar-refractivity contribution is 0.252. The molecule has 0 heterocycles. The predicted molar refractivity (Wildman–Crippen MR) is 92.4 cm³/mol. The second-order valence-electron chi connectivity index (χ2n) is 5.86. The highest BCUT2D eigenvalue weighted by Crippen LogP contribution is 2.23. The van der Waals surface area contributed by atoms with Crippen LogP contribution in [0.3, 0.4) is 0 Å². The number of aryl methyl sites for hydroxylation is 1. The summed E-state index contributed by atoms with van der Waals surface area (Å²) in [5.41, 5.74) is 4.51. The SMILES string of the molecule is Cc1ccc(CCNC(=O)Nc2ccccc2C(C)C)cc1. The van der Waals surface area contributed by atoms with Gasteiger partial charge >= 0.3 is 6.03 Å². The Kier molecular flexibility index (Phi) is 5.59. The van der Waals surface area contributed by atoms with E-state index in [2.05, 4.69) is 55.7 Å². The molecule has 0 aliphatic rings. The summed E-state index contributed by atoms with van der Waals surface area (Å²) >= 11 is 0. The van der Waals surface area contributed by atoms with Crippen LogP contribution >= 0.6 is 0 Å². The summed E-state index contributed by atoms with van der Waals surface area (Å²) in [6, 6.07) is 16.2. The van der Waals surface area contributed by atoms with Gasteiger partial charge in [-0.25, -0.2) is 4.79 Å². The average Bonchev–Trinajstić information content (AvgIpc) is 2.49. The summed E-state index contributed by atoms with van der Waals surface area (Å²) in [7, 11) is 0. The van der Waals surface area contributed by atoms with Crippen LogP contribution in [0.25, 0.3) is 0 Å². The predicted octanol–water partition coefficient (Wildman–Crippen LogP) is 4.48. The van der Waals surface area contributed by atoms with Crippen LogP contribution in [0, 0.1) is 6.92 Å². The zero-order valence-corrected chi connectivity index (χ0v) is 13.5. The summed E-state index contributed by atoms with van der Waals surface area (Å²) < 4.78 is 0. The van der Waals surface area contributed by atoms with Gasteiger partial charge in [0.1, 0.15) is 0 Å². The van der Waals surface area contributed by atoms with Gasteiger partial charge in [-0.3, -0.25) is 0 Å². The zero-order valence-electron chi connectivity index (χ0n) is 13.5. The normalized spacial score (nSPS) is 10.5. The van der Waals surface area contributed by atoms with Crippen molar-refractivity contribution in [2.75, 3.05) is 11.9 Å². The number of rotatable bonds is 5. The molecular formula is C19H24N2O. The highest BCUT2D eigenvalue weighted by Gasteiger charge is 2.08. The maximum Gasteiger partial charge on any atom is 0.319 e. The molecule has 0 bridgehead atoms. The van der Waals surface area contributed by atoms with Gasteiger partial charge in [-0.05, 0) is 36.5 Å². The molecule has 0 unspecified atom stereocenters. The van der Waals surface area contributed by atoms with Gasteiger partial charge in [0.2, 0.25) is 0 Å². The Balaban J connectivity index is 1.84. The molecule has 0 fully saturated rings. The molecule has 0 aliphatic heterocycles. The van der Waals surface area contributed by atoms with Crippen LogP contribution in [0.1, 0.15) is 36.5 Å². The maximum absolute atomic E-state index is 12.0. The van der Waals surface area contributed by atoms with E-state index in [0.29, 0.717) is 12.5 Å². The van der Waals surface area contributed by atoms with Gasteiger partial charge < -0.3 is 10.6 Å². The minimum absolute atomic E-state index is 0.153. The zero-order chi connectivity index (χ0) is 15.9. The average molecular weight is 296 g/mol. The monoisotopic (exact) mass is 296 g/mol. The molecule has 3 nitrogen and oxygen atoms in total. The Morgan fingerprint density at radius 1 is 1.05 bits per heavy atom. The highest BCUT2D eigenvalue weighted by molar-refractivity contribution is 5.90. The number of nitrogens with one attached hydrogen (secondary N) is 2. The third-order valence-corrected chi connectivity index (χ3v) is 3.65. The molecule has 0 radical (unpaired) electrons. The summed E-state index contributed by atoms with van der Waals surface area (Å²) in [6.45, 7) is 6.94. The number of benzene rings is 2. The van der Waals surface area contributed by atoms with Crippen LogP contribution < -0.4 is 10.6 Å². The third kappa shape index (κ3) is 4.62. The van der Waals surface area contributed by atoms with E-state index in [0.717, 1.165) is 17.7 Å². The molecule has 3 heteroatoms. The van der Waals surface area contributed by atoms with Crippen molar-refractivity contribution in [1.29, 1.82) is 0 Å². The molecule has 0 aromatic heterocycles. The van der Waals surface area contributed by atoms with E-state index in [9.17, 15) is 4.79 Å². The lowest BCUT2D eigenvalue weighted by Crippen LogP contribution is -2.30. The first-order chi connectivity index (χ1) is 10.6. The van der Waals surface area contributed by atoms with E-state index < -0.39 is 0 Å². The van der Waals surface area contributed by atoms with Gasteiger partial charge in [-0.15, -0.1) is 0 Å². The Morgan fingerprint density at radius 3 is 2.41 bits per heavy atom. The molecule has 2 rings (SSSR count). The molecule has 2 N–H and O–H groups in total. The summed E-state index contributed by atoms with van der Waals surface area (Å²) in [5, 5.41) is 5.85. The molecular weight excluding hydrogens is 272 g/mol. The summed E-state index contributed by atoms with van der Waals surface area (Å²) in [5.74, 6) is 0.379. The first-order valence-electron chi connectivity index (χ1n) is 7.75. The number of carbonyl (C=O) groups is 1. The molecule has 0 atom stereocenters. The van der Waals surface area contributed by atoms with Crippen molar-refractivity contribution in [3.05, 3.63) is 65.2 Å². The number of carbonyl (C=O) groups excluding carboxylic acids is 1. The standard InChI is InChI=1S/C19H24N2O/c1-14(2)17-6-4-5-7-18(17)21-19(22)20-13-12-16-10-8-15(3)9-11-16/h4-11,14H,12-13H2,1-3H3,(H2,20,21,22). The quantitative estimate of drug-likeness (QED) is 0.839. The van der Waals surface area contributed by atoms with Crippen LogP contribution in [0.15, 0.2) is 48.5 Å². The number of anilines is 1. The molecule has 22 heavy (non-hydrogen) atoms. The lowest BCUT2D eigenvalue weighted by atomic mass is 10.0. The fourth-order valence-corrected chi connectivity index (χ4v) is 2.36. The minimum atomic E-state index is -0.153. The van der Waals surface area contributed by atoms with Crippen molar-refractivity contribution in [2.24, 2.45) is 0 Å². The fourth-order valence-electron chi connectivity index (χ4n) is 2.36. The largest absolute Gasteiger partial charge is 0.338 e. The Bertz CT molecular complexity index is 618. The van der Waals surface area contributed by atoms with E-state index in [1.807, 2.05) is 24.3 Å². The van der Waals surface area contributed by atoms with Gasteiger partial charge in [0.25, 0.3) is 0 Å². The van der Waals surface area contributed by atoms with Crippen LogP contribution in [0.2, 0.25) is 0 Å². The Labute approximate surface area is 132 Å². The topological polar surface area (TPSA) is 41.1 Å². The second kappa shape index (κ2) is 7.64. The van der Waals surface area contributed by atoms with Gasteiger partial charge in [0, 0.05) is 12.2 Å². The first kappa shape index (κ1) is 16.1. The van der Waals surface area contributed by atoms with Crippen molar-refractivity contribution in [3.8, 4) is 0 Å². The summed E-state index contributed by atoms with van der Waals surface area (Å²) in [6.07, 6.45) is 0.833. The molecule has 2 aromatic carbocycles. The number of para-hydroxylation sites is 1. The van der Waals surface area contributed by atoms with Gasteiger partial charge in [0.15, 0.2) is 0 Å². The first-order valence-corrected chi connectivity index (χ1v) is 7.75. The smallest absolute Gasteiger partial charge is 0.319 e. The number of urea groups is 1. The number of hydrogen-bond donors (Lipinski definition) is 2. The van der Waals surface area contributed by atoms with Crippen molar-refractivity contribution in [3.63, 3.8) is 0 Å². The van der Waals surface area contributed by atoms with Gasteiger partial charge in [-0.2, -0.15) is 0 Å². The number of hydrogen-bond acceptors (Lipinski definition) is 1. The van der Waals surface area contributed by atoms with Crippen LogP contribution in [0.4, 0.5) is 10.5 Å². The highest BCUT2D eigenvalue weighted by atomic mass is 16.2. The molecule has 0 saturated heterocycles. The van der Waals surface area contributed by atoms with E-state index in [-0.39, 0.29) is 6.03 Å². The minimum Gasteiger partial charge on any atom is -0.338 e. The van der Waals surface area contributed by atoms with Crippen molar-refractivity contribution < 1.29 is 4.79 Å². The van der Waals surface area contributed by atoms with Crippen LogP contribution in [-0.2, 0) is 6.42 Å². The third-order valence-electron chi connectivity index (χ3n) is 3.65. The van der Waals surface area contributed by atoms with E-state index in [1.54, 1.807) is 0 Å². The molecule has 2 aromatic rings. The Hall–Kier alpha value is -2.29. The van der Waals surface area contributed by atoms with E-state index >= 15 is 0 Å². The van der Waals surface area contributed by atoms with Crippen LogP contribution in [-0.4, -0.2) is 12.6 Å². The Morgan fingerprint density at radius 2 is 1.73 bits per heavy atom. The second-order valence-corrected chi connectivity index (χ2v) is 5.86. The molecule has 0 aliphatic carbocycles.